The number of alkyl halides is 3. The van der Waals surface area contributed by atoms with E-state index in [1.54, 1.807) is 12.1 Å². The summed E-state index contributed by atoms with van der Waals surface area (Å²) in [5.74, 6) is -1.42. The Hall–Kier alpha value is -2.87. The van der Waals surface area contributed by atoms with Crippen molar-refractivity contribution in [2.75, 3.05) is 31.2 Å². The van der Waals surface area contributed by atoms with Gasteiger partial charge in [0.1, 0.15) is 5.82 Å². The predicted octanol–water partition coefficient (Wildman–Crippen LogP) is 4.10. The van der Waals surface area contributed by atoms with E-state index in [1.807, 2.05) is 10.2 Å². The van der Waals surface area contributed by atoms with E-state index in [0.29, 0.717) is 37.6 Å². The summed E-state index contributed by atoms with van der Waals surface area (Å²) in [5, 5.41) is 2.00. The summed E-state index contributed by atoms with van der Waals surface area (Å²) >= 11 is 0. The molecule has 3 rings (SSSR count). The highest BCUT2D eigenvalue weighted by molar-refractivity contribution is 5.92. The van der Waals surface area contributed by atoms with Crippen molar-refractivity contribution >= 4 is 17.7 Å². The van der Waals surface area contributed by atoms with Crippen LogP contribution in [0.2, 0.25) is 0 Å². The fourth-order valence-corrected chi connectivity index (χ4v) is 3.05. The number of nitrogens with zero attached hydrogens (tertiary/aromatic N) is 1. The zero-order valence-electron chi connectivity index (χ0n) is 15.5. The lowest BCUT2D eigenvalue weighted by molar-refractivity contribution is -0.162. The maximum Gasteiger partial charge on any atom is 0.412 e. The molecule has 4 nitrogen and oxygen atoms in total. The minimum Gasteiger partial charge on any atom is -0.378 e. The van der Waals surface area contributed by atoms with Crippen LogP contribution < -0.4 is 10.2 Å². The summed E-state index contributed by atoms with van der Waals surface area (Å²) in [7, 11) is 0. The quantitative estimate of drug-likeness (QED) is 0.599. The van der Waals surface area contributed by atoms with Crippen LogP contribution in [-0.4, -0.2) is 38.4 Å². The summed E-state index contributed by atoms with van der Waals surface area (Å²) < 4.78 is 59.3. The number of amides is 1. The number of carbonyl (C=O) groups excluding carboxylic acids is 1. The average molecular weight is 408 g/mol. The lowest BCUT2D eigenvalue weighted by atomic mass is 10.0. The summed E-state index contributed by atoms with van der Waals surface area (Å²) in [6, 6.07) is 9.27. The Bertz CT molecular complexity index is 877. The maximum absolute atomic E-state index is 13.6. The first kappa shape index (κ1) is 20.9. The molecule has 0 aromatic heterocycles. The molecule has 0 spiro atoms. The Morgan fingerprint density at radius 2 is 1.83 bits per heavy atom. The Labute approximate surface area is 165 Å². The number of carbonyl (C=O) groups is 1. The molecule has 0 saturated carbocycles. The van der Waals surface area contributed by atoms with Gasteiger partial charge >= 0.3 is 6.18 Å². The van der Waals surface area contributed by atoms with Gasteiger partial charge < -0.3 is 15.0 Å². The van der Waals surface area contributed by atoms with Crippen LogP contribution in [0.25, 0.3) is 6.08 Å². The van der Waals surface area contributed by atoms with Gasteiger partial charge in [0, 0.05) is 24.9 Å². The number of halogens is 4. The van der Waals surface area contributed by atoms with E-state index < -0.39 is 23.9 Å². The van der Waals surface area contributed by atoms with Crippen LogP contribution in [0.4, 0.5) is 23.2 Å². The third-order valence-corrected chi connectivity index (χ3v) is 4.47. The molecule has 1 aliphatic heterocycles. The lowest BCUT2D eigenvalue weighted by Gasteiger charge is -2.30. The molecule has 29 heavy (non-hydrogen) atoms. The molecule has 8 heteroatoms. The summed E-state index contributed by atoms with van der Waals surface area (Å²) in [4.78, 5) is 14.0. The van der Waals surface area contributed by atoms with Crippen LogP contribution in [0.1, 0.15) is 17.2 Å². The Balaban J connectivity index is 1.77. The number of hydrogen-bond donors (Lipinski definition) is 1. The number of anilines is 1. The molecule has 0 radical (unpaired) electrons. The van der Waals surface area contributed by atoms with Crippen molar-refractivity contribution in [1.82, 2.24) is 5.32 Å². The van der Waals surface area contributed by atoms with Crippen LogP contribution in [-0.2, 0) is 9.53 Å². The average Bonchev–Trinajstić information content (AvgIpc) is 2.70. The molecule has 1 N–H and O–H groups in total. The van der Waals surface area contributed by atoms with E-state index in [4.69, 9.17) is 4.74 Å². The van der Waals surface area contributed by atoms with Gasteiger partial charge in [0.15, 0.2) is 6.04 Å². The lowest BCUT2D eigenvalue weighted by Crippen LogP contribution is -2.38. The van der Waals surface area contributed by atoms with Gasteiger partial charge in [-0.15, -0.1) is 0 Å². The van der Waals surface area contributed by atoms with Crippen molar-refractivity contribution in [3.63, 3.8) is 0 Å². The zero-order valence-corrected chi connectivity index (χ0v) is 15.5. The van der Waals surface area contributed by atoms with E-state index in [2.05, 4.69) is 0 Å². The van der Waals surface area contributed by atoms with Crippen molar-refractivity contribution in [3.05, 3.63) is 71.6 Å². The summed E-state index contributed by atoms with van der Waals surface area (Å²) in [6.45, 7) is 2.19. The molecule has 1 fully saturated rings. The molecule has 154 valence electrons. The molecular weight excluding hydrogens is 388 g/mol. The zero-order chi connectivity index (χ0) is 20.9. The van der Waals surface area contributed by atoms with Gasteiger partial charge in [0.2, 0.25) is 5.91 Å². The van der Waals surface area contributed by atoms with Crippen molar-refractivity contribution in [3.8, 4) is 0 Å². The monoisotopic (exact) mass is 408 g/mol. The highest BCUT2D eigenvalue weighted by Crippen LogP contribution is 2.34. The molecule has 0 bridgehead atoms. The molecule has 1 amide bonds. The van der Waals surface area contributed by atoms with E-state index in [1.165, 1.54) is 42.5 Å². The molecule has 1 unspecified atom stereocenters. The highest BCUT2D eigenvalue weighted by atomic mass is 19.4. The normalized spacial score (nSPS) is 16.1. The fraction of sp³-hybridized carbons (Fsp3) is 0.286. The van der Waals surface area contributed by atoms with Gasteiger partial charge in [0.25, 0.3) is 0 Å². The second kappa shape index (κ2) is 9.09. The molecule has 1 heterocycles. The third kappa shape index (κ3) is 5.80. The van der Waals surface area contributed by atoms with Crippen LogP contribution >= 0.6 is 0 Å². The number of morpholine rings is 1. The molecular formula is C21H20F4N2O2. The predicted molar refractivity (Wildman–Crippen MR) is 102 cm³/mol. The standard InChI is InChI=1S/C21H20F4N2O2/c22-17-5-1-3-15(13-17)7-8-19(28)26-20(21(23,24)25)16-4-2-6-18(14-16)27-9-11-29-12-10-27/h1-8,13-14,20H,9-12H2,(H,26,28)/b8-7+. The van der Waals surface area contributed by atoms with Crippen molar-refractivity contribution < 1.29 is 27.1 Å². The number of ether oxygens (including phenoxy) is 1. The van der Waals surface area contributed by atoms with Gasteiger partial charge in [-0.25, -0.2) is 4.39 Å². The van der Waals surface area contributed by atoms with Gasteiger partial charge in [-0.2, -0.15) is 13.2 Å². The topological polar surface area (TPSA) is 41.6 Å². The fourth-order valence-electron chi connectivity index (χ4n) is 3.05. The Morgan fingerprint density at radius 3 is 2.52 bits per heavy atom. The number of benzene rings is 2. The number of rotatable bonds is 5. The number of hydrogen-bond acceptors (Lipinski definition) is 3. The van der Waals surface area contributed by atoms with E-state index in [-0.39, 0.29) is 5.56 Å². The SMILES string of the molecule is O=C(/C=C/c1cccc(F)c1)NC(c1cccc(N2CCOCC2)c1)C(F)(F)F. The molecule has 2 aromatic rings. The number of nitrogens with one attached hydrogen (secondary N) is 1. The van der Waals surface area contributed by atoms with Gasteiger partial charge in [-0.3, -0.25) is 4.79 Å². The molecule has 1 saturated heterocycles. The molecule has 2 aromatic carbocycles. The van der Waals surface area contributed by atoms with Crippen LogP contribution in [0.15, 0.2) is 54.6 Å². The van der Waals surface area contributed by atoms with Crippen molar-refractivity contribution in [2.45, 2.75) is 12.2 Å². The van der Waals surface area contributed by atoms with E-state index in [9.17, 15) is 22.4 Å². The van der Waals surface area contributed by atoms with E-state index >= 15 is 0 Å². The van der Waals surface area contributed by atoms with Gasteiger partial charge in [0.05, 0.1) is 13.2 Å². The second-order valence-electron chi connectivity index (χ2n) is 6.57. The minimum absolute atomic E-state index is 0.0611. The molecule has 0 aliphatic carbocycles. The van der Waals surface area contributed by atoms with Crippen molar-refractivity contribution in [1.29, 1.82) is 0 Å². The van der Waals surface area contributed by atoms with E-state index in [0.717, 1.165) is 6.08 Å². The summed E-state index contributed by atoms with van der Waals surface area (Å²) in [5.41, 5.74) is 0.955. The van der Waals surface area contributed by atoms with Crippen LogP contribution in [0.3, 0.4) is 0 Å². The molecule has 1 aliphatic rings. The Kier molecular flexibility index (Phi) is 6.53. The first-order chi connectivity index (χ1) is 13.8. The maximum atomic E-state index is 13.6. The second-order valence-corrected chi connectivity index (χ2v) is 6.57. The highest BCUT2D eigenvalue weighted by Gasteiger charge is 2.41. The molecule has 1 atom stereocenters. The minimum atomic E-state index is -4.67. The third-order valence-electron chi connectivity index (χ3n) is 4.47. The Morgan fingerprint density at radius 1 is 1.10 bits per heavy atom. The van der Waals surface area contributed by atoms with Gasteiger partial charge in [-0.1, -0.05) is 24.3 Å². The van der Waals surface area contributed by atoms with Crippen LogP contribution in [0, 0.1) is 5.82 Å². The first-order valence-electron chi connectivity index (χ1n) is 9.06. The smallest absolute Gasteiger partial charge is 0.378 e. The van der Waals surface area contributed by atoms with Gasteiger partial charge in [-0.05, 0) is 41.5 Å². The first-order valence-corrected chi connectivity index (χ1v) is 9.06. The largest absolute Gasteiger partial charge is 0.412 e. The summed E-state index contributed by atoms with van der Waals surface area (Å²) in [6.07, 6.45) is -2.46. The van der Waals surface area contributed by atoms with Crippen molar-refractivity contribution in [2.24, 2.45) is 0 Å². The van der Waals surface area contributed by atoms with Crippen LogP contribution in [0.5, 0.6) is 0 Å².